The molecular formula is C73H126O6. The summed E-state index contributed by atoms with van der Waals surface area (Å²) >= 11 is 0. The molecular weight excluding hydrogens is 973 g/mol. The van der Waals surface area contributed by atoms with Gasteiger partial charge < -0.3 is 14.2 Å². The molecule has 6 nitrogen and oxygen atoms in total. The molecule has 0 amide bonds. The number of unbranched alkanes of at least 4 members (excludes halogenated alkanes) is 34. The minimum atomic E-state index is -0.799. The molecule has 0 heterocycles. The summed E-state index contributed by atoms with van der Waals surface area (Å²) in [5.74, 6) is -0.927. The smallest absolute Gasteiger partial charge is 0.306 e. The molecule has 79 heavy (non-hydrogen) atoms. The Hall–Kier alpha value is -3.67. The third-order valence-electron chi connectivity index (χ3n) is 14.6. The van der Waals surface area contributed by atoms with E-state index in [0.717, 1.165) is 96.3 Å². The van der Waals surface area contributed by atoms with Crippen molar-refractivity contribution in [3.05, 3.63) is 97.2 Å². The zero-order valence-corrected chi connectivity index (χ0v) is 52.1. The Morgan fingerprint density at radius 2 is 0.494 bits per heavy atom. The van der Waals surface area contributed by atoms with Crippen LogP contribution in [0.5, 0.6) is 0 Å². The van der Waals surface area contributed by atoms with Crippen LogP contribution in [0.4, 0.5) is 0 Å². The molecule has 0 rings (SSSR count). The highest BCUT2D eigenvalue weighted by atomic mass is 16.6. The van der Waals surface area contributed by atoms with Crippen LogP contribution in [-0.4, -0.2) is 37.2 Å². The summed E-state index contributed by atoms with van der Waals surface area (Å²) in [5, 5.41) is 0. The molecule has 0 aromatic rings. The highest BCUT2D eigenvalue weighted by molar-refractivity contribution is 5.71. The molecule has 454 valence electrons. The van der Waals surface area contributed by atoms with Crippen LogP contribution in [-0.2, 0) is 28.6 Å². The van der Waals surface area contributed by atoms with Gasteiger partial charge in [0, 0.05) is 19.3 Å². The van der Waals surface area contributed by atoms with Gasteiger partial charge in [-0.1, -0.05) is 304 Å². The summed E-state index contributed by atoms with van der Waals surface area (Å²) in [6, 6.07) is 0. The lowest BCUT2D eigenvalue weighted by molar-refractivity contribution is -0.167. The van der Waals surface area contributed by atoms with Gasteiger partial charge in [-0.25, -0.2) is 0 Å². The zero-order chi connectivity index (χ0) is 57.1. The van der Waals surface area contributed by atoms with Gasteiger partial charge in [-0.3, -0.25) is 14.4 Å². The second kappa shape index (κ2) is 66.8. The maximum Gasteiger partial charge on any atom is 0.306 e. The first kappa shape index (κ1) is 75.3. The predicted octanol–water partition coefficient (Wildman–Crippen LogP) is 23.2. The van der Waals surface area contributed by atoms with Crippen LogP contribution < -0.4 is 0 Å². The predicted molar refractivity (Wildman–Crippen MR) is 344 cm³/mol. The van der Waals surface area contributed by atoms with E-state index in [9.17, 15) is 14.4 Å². The summed E-state index contributed by atoms with van der Waals surface area (Å²) in [5.41, 5.74) is 0. The first-order chi connectivity index (χ1) is 39.0. The lowest BCUT2D eigenvalue weighted by Gasteiger charge is -2.18. The number of hydrogen-bond acceptors (Lipinski definition) is 6. The number of carbonyl (C=O) groups is 3. The Labute approximate surface area is 489 Å². The van der Waals surface area contributed by atoms with Crippen molar-refractivity contribution in [1.82, 2.24) is 0 Å². The molecule has 0 saturated carbocycles. The molecule has 0 N–H and O–H groups in total. The third kappa shape index (κ3) is 65.0. The highest BCUT2D eigenvalue weighted by Gasteiger charge is 2.19. The number of allylic oxidation sites excluding steroid dienone is 16. The van der Waals surface area contributed by atoms with E-state index in [-0.39, 0.29) is 37.5 Å². The van der Waals surface area contributed by atoms with E-state index in [1.54, 1.807) is 0 Å². The Morgan fingerprint density at radius 3 is 0.797 bits per heavy atom. The van der Waals surface area contributed by atoms with Gasteiger partial charge in [-0.15, -0.1) is 0 Å². The molecule has 0 aromatic heterocycles. The number of esters is 3. The monoisotopic (exact) mass is 1100 g/mol. The minimum Gasteiger partial charge on any atom is -0.462 e. The van der Waals surface area contributed by atoms with Gasteiger partial charge in [0.1, 0.15) is 13.2 Å². The normalized spacial score (nSPS) is 12.7. The van der Waals surface area contributed by atoms with E-state index in [4.69, 9.17) is 14.2 Å². The van der Waals surface area contributed by atoms with Gasteiger partial charge in [0.15, 0.2) is 6.10 Å². The SMILES string of the molecule is CC/C=C\C/C=C\C/C=C\C/C=C\C/C=C\C/C=C\CCCCC(=O)OC(COC(=O)CCCCCCCCCCC)COC(=O)CCCCCCCCCCCCCCCCCCCCC/C=C\C/C=C\CCCCCCC. The van der Waals surface area contributed by atoms with Crippen molar-refractivity contribution >= 4 is 17.9 Å². The minimum absolute atomic E-state index is 0.0920. The maximum absolute atomic E-state index is 12.9. The van der Waals surface area contributed by atoms with Gasteiger partial charge in [0.25, 0.3) is 0 Å². The van der Waals surface area contributed by atoms with Gasteiger partial charge >= 0.3 is 17.9 Å². The second-order valence-electron chi connectivity index (χ2n) is 22.4. The fourth-order valence-electron chi connectivity index (χ4n) is 9.54. The first-order valence-corrected chi connectivity index (χ1v) is 33.7. The summed E-state index contributed by atoms with van der Waals surface area (Å²) in [6.07, 6.45) is 90.2. The van der Waals surface area contributed by atoms with Crippen molar-refractivity contribution in [3.8, 4) is 0 Å². The average Bonchev–Trinajstić information content (AvgIpc) is 3.45. The third-order valence-corrected chi connectivity index (χ3v) is 14.6. The zero-order valence-electron chi connectivity index (χ0n) is 52.1. The summed E-state index contributed by atoms with van der Waals surface area (Å²) in [7, 11) is 0. The van der Waals surface area contributed by atoms with Crippen molar-refractivity contribution in [2.45, 2.75) is 335 Å². The molecule has 0 aliphatic rings. The second-order valence-corrected chi connectivity index (χ2v) is 22.4. The van der Waals surface area contributed by atoms with Crippen molar-refractivity contribution in [1.29, 1.82) is 0 Å². The molecule has 6 heteroatoms. The topological polar surface area (TPSA) is 78.9 Å². The van der Waals surface area contributed by atoms with E-state index >= 15 is 0 Å². The molecule has 0 spiro atoms. The molecule has 1 atom stereocenters. The lowest BCUT2D eigenvalue weighted by Crippen LogP contribution is -2.30. The highest BCUT2D eigenvalue weighted by Crippen LogP contribution is 2.17. The maximum atomic E-state index is 12.9. The number of hydrogen-bond donors (Lipinski definition) is 0. The Bertz CT molecular complexity index is 1540. The van der Waals surface area contributed by atoms with E-state index in [2.05, 4.69) is 118 Å². The van der Waals surface area contributed by atoms with E-state index < -0.39 is 6.10 Å². The van der Waals surface area contributed by atoms with Crippen LogP contribution in [0.1, 0.15) is 329 Å². The van der Waals surface area contributed by atoms with Crippen molar-refractivity contribution < 1.29 is 28.6 Å². The molecule has 0 saturated heterocycles. The first-order valence-electron chi connectivity index (χ1n) is 33.7. The fourth-order valence-corrected chi connectivity index (χ4v) is 9.54. The van der Waals surface area contributed by atoms with E-state index in [0.29, 0.717) is 19.3 Å². The van der Waals surface area contributed by atoms with Crippen molar-refractivity contribution in [2.75, 3.05) is 13.2 Å². The Balaban J connectivity index is 4.17. The summed E-state index contributed by atoms with van der Waals surface area (Å²) in [4.78, 5) is 38.2. The quantitative estimate of drug-likeness (QED) is 0.0261. The van der Waals surface area contributed by atoms with Crippen LogP contribution >= 0.6 is 0 Å². The van der Waals surface area contributed by atoms with Crippen molar-refractivity contribution in [2.24, 2.45) is 0 Å². The van der Waals surface area contributed by atoms with Gasteiger partial charge in [0.2, 0.25) is 0 Å². The standard InChI is InChI=1S/C73H126O6/c1-4-7-10-13-16-19-21-23-25-27-29-31-32-33-34-35-36-37-38-39-40-42-43-45-47-49-51-54-57-60-63-66-72(75)78-69-70(68-77-71(74)65-62-59-56-53-18-15-12-9-6-3)79-73(76)67-64-61-58-55-52-50-48-46-44-41-30-28-26-24-22-20-17-14-11-8-5-2/h8,11,17,20-21,23-24,26-27,29-30,41,46,48,52,55,70H,4-7,9-10,12-16,18-19,22,25,28,31-40,42-45,47,49-51,53-54,56-69H2,1-3H3/b11-8-,20-17-,23-21-,26-24-,29-27-,41-30-,48-46-,55-52-. The van der Waals surface area contributed by atoms with E-state index in [1.807, 2.05) is 0 Å². The molecule has 0 aliphatic heterocycles. The van der Waals surface area contributed by atoms with E-state index in [1.165, 1.54) is 186 Å². The largest absolute Gasteiger partial charge is 0.462 e. The number of ether oxygens (including phenoxy) is 3. The molecule has 0 fully saturated rings. The Morgan fingerprint density at radius 1 is 0.266 bits per heavy atom. The van der Waals surface area contributed by atoms with Crippen LogP contribution in [0.3, 0.4) is 0 Å². The molecule has 0 radical (unpaired) electrons. The molecule has 1 unspecified atom stereocenters. The van der Waals surface area contributed by atoms with Gasteiger partial charge in [-0.05, 0) is 103 Å². The molecule has 0 bridgehead atoms. The van der Waals surface area contributed by atoms with Crippen molar-refractivity contribution in [3.63, 3.8) is 0 Å². The van der Waals surface area contributed by atoms with Gasteiger partial charge in [0.05, 0.1) is 0 Å². The van der Waals surface area contributed by atoms with Crippen LogP contribution in [0.25, 0.3) is 0 Å². The number of carbonyl (C=O) groups excluding carboxylic acids is 3. The molecule has 0 aromatic carbocycles. The van der Waals surface area contributed by atoms with Crippen LogP contribution in [0.2, 0.25) is 0 Å². The van der Waals surface area contributed by atoms with Gasteiger partial charge in [-0.2, -0.15) is 0 Å². The summed E-state index contributed by atoms with van der Waals surface area (Å²) in [6.45, 7) is 6.49. The lowest BCUT2D eigenvalue weighted by atomic mass is 10.0. The fraction of sp³-hybridized carbons (Fsp3) is 0.740. The van der Waals surface area contributed by atoms with Crippen LogP contribution in [0, 0.1) is 0 Å². The number of rotatable bonds is 61. The average molecular weight is 1100 g/mol. The molecule has 0 aliphatic carbocycles. The van der Waals surface area contributed by atoms with Crippen LogP contribution in [0.15, 0.2) is 97.2 Å². The Kier molecular flexibility index (Phi) is 63.7. The summed E-state index contributed by atoms with van der Waals surface area (Å²) < 4.78 is 16.9.